The molecule has 1 aromatic carbocycles. The monoisotopic (exact) mass is 187 g/mol. The van der Waals surface area contributed by atoms with Crippen molar-refractivity contribution in [3.63, 3.8) is 0 Å². The molecular weight excluding hydrogens is 178 g/mol. The van der Waals surface area contributed by atoms with Gasteiger partial charge in [-0.15, -0.1) is 0 Å². The Morgan fingerprint density at radius 3 is 2.50 bits per heavy atom. The van der Waals surface area contributed by atoms with Gasteiger partial charge in [0.2, 0.25) is 0 Å². The Balaban J connectivity index is 2.64. The molecule has 2 rings (SSSR count). The summed E-state index contributed by atoms with van der Waals surface area (Å²) in [4.78, 5) is 24.2. The van der Waals surface area contributed by atoms with Crippen LogP contribution < -0.4 is 0 Å². The first-order valence-electron chi connectivity index (χ1n) is 4.24. The number of fused-ring (bicyclic) bond motifs is 1. The highest BCUT2D eigenvalue weighted by Gasteiger charge is 2.32. The predicted molar refractivity (Wildman–Crippen MR) is 53.0 cm³/mol. The first-order chi connectivity index (χ1) is 6.65. The molecule has 0 spiro atoms. The van der Waals surface area contributed by atoms with Crippen LogP contribution in [0.25, 0.3) is 6.08 Å². The van der Waals surface area contributed by atoms with Crippen LogP contribution in [0.2, 0.25) is 0 Å². The Labute approximate surface area is 81.6 Å². The molecule has 0 radical (unpaired) electrons. The van der Waals surface area contributed by atoms with Crippen molar-refractivity contribution in [1.29, 1.82) is 0 Å². The molecule has 0 aromatic heterocycles. The molecule has 2 amide bonds. The van der Waals surface area contributed by atoms with Gasteiger partial charge in [0.15, 0.2) is 0 Å². The molecule has 14 heavy (non-hydrogen) atoms. The van der Waals surface area contributed by atoms with Crippen LogP contribution in [0.1, 0.15) is 26.3 Å². The van der Waals surface area contributed by atoms with Crippen molar-refractivity contribution in [3.05, 3.63) is 41.5 Å². The third-order valence-corrected chi connectivity index (χ3v) is 2.35. The van der Waals surface area contributed by atoms with Crippen LogP contribution in [-0.2, 0) is 0 Å². The molecule has 0 bridgehead atoms. The molecule has 70 valence electrons. The maximum Gasteiger partial charge on any atom is 0.261 e. The molecule has 1 aromatic rings. The summed E-state index contributed by atoms with van der Waals surface area (Å²) >= 11 is 0. The van der Waals surface area contributed by atoms with Crippen LogP contribution in [0.15, 0.2) is 24.8 Å². The molecule has 0 unspecified atom stereocenters. The maximum absolute atomic E-state index is 11.5. The smallest absolute Gasteiger partial charge is 0.261 e. The standard InChI is InChI=1S/C11H9NO2/c1-3-7-4-5-8-9(6-7)11(14)12(2)10(8)13/h3-6H,1H2,2H3. The van der Waals surface area contributed by atoms with Gasteiger partial charge in [-0.1, -0.05) is 18.7 Å². The molecular formula is C11H9NO2. The normalized spacial score (nSPS) is 14.5. The van der Waals surface area contributed by atoms with Gasteiger partial charge in [-0.25, -0.2) is 0 Å². The first kappa shape index (κ1) is 8.69. The third kappa shape index (κ3) is 0.988. The fourth-order valence-corrected chi connectivity index (χ4v) is 1.51. The maximum atomic E-state index is 11.5. The largest absolute Gasteiger partial charge is 0.277 e. The van der Waals surface area contributed by atoms with Gasteiger partial charge in [-0.3, -0.25) is 14.5 Å². The molecule has 0 atom stereocenters. The van der Waals surface area contributed by atoms with Gasteiger partial charge >= 0.3 is 0 Å². The predicted octanol–water partition coefficient (Wildman–Crippen LogP) is 1.56. The van der Waals surface area contributed by atoms with Crippen molar-refractivity contribution < 1.29 is 9.59 Å². The number of carbonyl (C=O) groups excluding carboxylic acids is 2. The van der Waals surface area contributed by atoms with Crippen LogP contribution in [0.5, 0.6) is 0 Å². The van der Waals surface area contributed by atoms with E-state index in [0.29, 0.717) is 11.1 Å². The lowest BCUT2D eigenvalue weighted by Crippen LogP contribution is -2.24. The Morgan fingerprint density at radius 2 is 1.86 bits per heavy atom. The summed E-state index contributed by atoms with van der Waals surface area (Å²) in [7, 11) is 1.48. The Kier molecular flexibility index (Phi) is 1.74. The molecule has 1 aliphatic rings. The van der Waals surface area contributed by atoms with Gasteiger partial charge < -0.3 is 0 Å². The van der Waals surface area contributed by atoms with Crippen LogP contribution in [0.3, 0.4) is 0 Å². The Morgan fingerprint density at radius 1 is 1.21 bits per heavy atom. The fourth-order valence-electron chi connectivity index (χ4n) is 1.51. The van der Waals surface area contributed by atoms with Crippen molar-refractivity contribution in [2.24, 2.45) is 0 Å². The van der Waals surface area contributed by atoms with E-state index in [2.05, 4.69) is 6.58 Å². The summed E-state index contributed by atoms with van der Waals surface area (Å²) in [5.41, 5.74) is 1.79. The number of carbonyl (C=O) groups is 2. The lowest BCUT2D eigenvalue weighted by atomic mass is 10.1. The summed E-state index contributed by atoms with van der Waals surface area (Å²) in [5, 5.41) is 0. The van der Waals surface area contributed by atoms with E-state index in [9.17, 15) is 9.59 Å². The molecule has 0 aliphatic carbocycles. The van der Waals surface area contributed by atoms with E-state index in [1.807, 2.05) is 0 Å². The second-order valence-corrected chi connectivity index (χ2v) is 3.18. The van der Waals surface area contributed by atoms with Crippen molar-refractivity contribution in [2.75, 3.05) is 7.05 Å². The van der Waals surface area contributed by atoms with Gasteiger partial charge in [0.05, 0.1) is 11.1 Å². The van der Waals surface area contributed by atoms with E-state index in [4.69, 9.17) is 0 Å². The van der Waals surface area contributed by atoms with Crippen molar-refractivity contribution in [2.45, 2.75) is 0 Å². The number of hydrogen-bond acceptors (Lipinski definition) is 2. The highest BCUT2D eigenvalue weighted by molar-refractivity contribution is 6.21. The molecule has 0 fully saturated rings. The molecule has 0 saturated carbocycles. The van der Waals surface area contributed by atoms with Crippen LogP contribution in [0, 0.1) is 0 Å². The lowest BCUT2D eigenvalue weighted by molar-refractivity contribution is 0.0693. The molecule has 0 saturated heterocycles. The zero-order valence-electron chi connectivity index (χ0n) is 7.78. The second-order valence-electron chi connectivity index (χ2n) is 3.18. The Bertz CT molecular complexity index is 449. The van der Waals surface area contributed by atoms with E-state index in [1.54, 1.807) is 24.3 Å². The number of amides is 2. The average Bonchev–Trinajstić information content (AvgIpc) is 2.44. The van der Waals surface area contributed by atoms with Crippen molar-refractivity contribution >= 4 is 17.9 Å². The molecule has 1 aliphatic heterocycles. The minimum atomic E-state index is -0.242. The van der Waals surface area contributed by atoms with Crippen LogP contribution in [0.4, 0.5) is 0 Å². The van der Waals surface area contributed by atoms with Gasteiger partial charge in [0.1, 0.15) is 0 Å². The van der Waals surface area contributed by atoms with Crippen molar-refractivity contribution in [3.8, 4) is 0 Å². The number of rotatable bonds is 1. The van der Waals surface area contributed by atoms with E-state index in [1.165, 1.54) is 7.05 Å². The summed E-state index contributed by atoms with van der Waals surface area (Å²) in [6.45, 7) is 3.61. The summed E-state index contributed by atoms with van der Waals surface area (Å²) < 4.78 is 0. The van der Waals surface area contributed by atoms with Crippen molar-refractivity contribution in [1.82, 2.24) is 4.90 Å². The quantitative estimate of drug-likeness (QED) is 0.625. The van der Waals surface area contributed by atoms with E-state index in [0.717, 1.165) is 10.5 Å². The number of imide groups is 1. The number of nitrogens with zero attached hydrogens (tertiary/aromatic N) is 1. The van der Waals surface area contributed by atoms with E-state index < -0.39 is 0 Å². The van der Waals surface area contributed by atoms with Crippen LogP contribution >= 0.6 is 0 Å². The molecule has 0 N–H and O–H groups in total. The van der Waals surface area contributed by atoms with Gasteiger partial charge in [0.25, 0.3) is 11.8 Å². The van der Waals surface area contributed by atoms with E-state index in [-0.39, 0.29) is 11.8 Å². The minimum Gasteiger partial charge on any atom is -0.277 e. The number of hydrogen-bond donors (Lipinski definition) is 0. The Hall–Kier alpha value is -1.90. The van der Waals surface area contributed by atoms with Gasteiger partial charge in [-0.2, -0.15) is 0 Å². The molecule has 3 heteroatoms. The zero-order valence-corrected chi connectivity index (χ0v) is 7.78. The van der Waals surface area contributed by atoms with E-state index >= 15 is 0 Å². The number of benzene rings is 1. The molecule has 1 heterocycles. The van der Waals surface area contributed by atoms with Gasteiger partial charge in [-0.05, 0) is 17.7 Å². The summed E-state index contributed by atoms with van der Waals surface area (Å²) in [6.07, 6.45) is 1.65. The lowest BCUT2D eigenvalue weighted by Gasteiger charge is -2.02. The zero-order chi connectivity index (χ0) is 10.3. The summed E-state index contributed by atoms with van der Waals surface area (Å²) in [5.74, 6) is -0.477. The highest BCUT2D eigenvalue weighted by atomic mass is 16.2. The minimum absolute atomic E-state index is 0.236. The average molecular weight is 187 g/mol. The van der Waals surface area contributed by atoms with Gasteiger partial charge in [0, 0.05) is 7.05 Å². The fraction of sp³-hybridized carbons (Fsp3) is 0.0909. The third-order valence-electron chi connectivity index (χ3n) is 2.35. The highest BCUT2D eigenvalue weighted by Crippen LogP contribution is 2.22. The summed E-state index contributed by atoms with van der Waals surface area (Å²) in [6, 6.07) is 5.12. The SMILES string of the molecule is C=Cc1ccc2c(c1)C(=O)N(C)C2=O. The second kappa shape index (κ2) is 2.80. The topological polar surface area (TPSA) is 37.4 Å². The van der Waals surface area contributed by atoms with Crippen LogP contribution in [-0.4, -0.2) is 23.8 Å². The molecule has 3 nitrogen and oxygen atoms in total. The first-order valence-corrected chi connectivity index (χ1v) is 4.24.